The second-order valence-electron chi connectivity index (χ2n) is 5.32. The van der Waals surface area contributed by atoms with Crippen LogP contribution < -0.4 is 16.6 Å². The third-order valence-corrected chi connectivity index (χ3v) is 3.64. The third-order valence-electron chi connectivity index (χ3n) is 3.64. The van der Waals surface area contributed by atoms with E-state index in [0.29, 0.717) is 23.2 Å². The minimum atomic E-state index is 0.297. The highest BCUT2D eigenvalue weighted by molar-refractivity contribution is 6.06. The van der Waals surface area contributed by atoms with Crippen LogP contribution in [0.4, 0.5) is 0 Å². The summed E-state index contributed by atoms with van der Waals surface area (Å²) >= 11 is 0. The molecule has 0 aliphatic carbocycles. The van der Waals surface area contributed by atoms with Gasteiger partial charge in [0.05, 0.1) is 0 Å². The molecule has 0 bridgehead atoms. The monoisotopic (exact) mass is 333 g/mol. The highest BCUT2D eigenvalue weighted by atomic mass is 15.5. The van der Waals surface area contributed by atoms with Gasteiger partial charge in [-0.2, -0.15) is 0 Å². The predicted octanol–water partition coefficient (Wildman–Crippen LogP) is 1.60. The lowest BCUT2D eigenvalue weighted by atomic mass is 10.2. The third kappa shape index (κ3) is 3.72. The van der Waals surface area contributed by atoms with Gasteiger partial charge in [0.25, 0.3) is 0 Å². The van der Waals surface area contributed by atoms with Gasteiger partial charge < -0.3 is 5.73 Å². The van der Waals surface area contributed by atoms with Crippen LogP contribution in [0.25, 0.3) is 0 Å². The molecule has 0 saturated carbocycles. The number of pyridine rings is 1. The summed E-state index contributed by atoms with van der Waals surface area (Å²) in [7, 11) is 1.62. The van der Waals surface area contributed by atoms with Crippen molar-refractivity contribution < 1.29 is 0 Å². The molecule has 1 aromatic heterocycles. The number of rotatable bonds is 4. The molecule has 1 aromatic carbocycles. The molecule has 7 nitrogen and oxygen atoms in total. The lowest BCUT2D eigenvalue weighted by molar-refractivity contribution is 0.800. The Morgan fingerprint density at radius 2 is 1.88 bits per heavy atom. The zero-order valence-electron chi connectivity index (χ0n) is 14.1. The average molecular weight is 333 g/mol. The molecule has 0 atom stereocenters. The van der Waals surface area contributed by atoms with Crippen LogP contribution in [0.2, 0.25) is 0 Å². The first-order valence-corrected chi connectivity index (χ1v) is 7.78. The van der Waals surface area contributed by atoms with E-state index in [0.717, 1.165) is 16.8 Å². The van der Waals surface area contributed by atoms with Gasteiger partial charge in [-0.3, -0.25) is 20.8 Å². The van der Waals surface area contributed by atoms with Crippen LogP contribution in [-0.4, -0.2) is 29.4 Å². The number of aliphatic imine (C=N–C) groups is 3. The van der Waals surface area contributed by atoms with E-state index in [1.165, 1.54) is 0 Å². The van der Waals surface area contributed by atoms with Crippen molar-refractivity contribution in [1.82, 2.24) is 15.8 Å². The van der Waals surface area contributed by atoms with Gasteiger partial charge in [0.2, 0.25) is 0 Å². The zero-order valence-corrected chi connectivity index (χ0v) is 14.1. The van der Waals surface area contributed by atoms with Crippen molar-refractivity contribution in [3.8, 4) is 0 Å². The van der Waals surface area contributed by atoms with Gasteiger partial charge in [0, 0.05) is 36.3 Å². The largest absolute Gasteiger partial charge is 0.382 e. The standard InChI is InChI=1S/C18H19N7/c1-12(14-9-6-10-21-11-14)22-15(16(19)20-2)18-23-17(24-25-18)13-7-4-3-5-8-13/h3-11,25H,1-2H3,(H2,19,20)(H,23,24). The van der Waals surface area contributed by atoms with Crippen molar-refractivity contribution in [2.24, 2.45) is 20.7 Å². The maximum atomic E-state index is 6.04. The van der Waals surface area contributed by atoms with Crippen molar-refractivity contribution in [2.45, 2.75) is 6.92 Å². The number of amidine groups is 2. The number of nitrogens with one attached hydrogen (secondary N) is 2. The molecule has 4 N–H and O–H groups in total. The Morgan fingerprint density at radius 1 is 1.08 bits per heavy atom. The number of hydrogen-bond acceptors (Lipinski definition) is 6. The lowest BCUT2D eigenvalue weighted by Gasteiger charge is -2.07. The molecule has 2 aromatic rings. The molecule has 3 rings (SSSR count). The van der Waals surface area contributed by atoms with Crippen LogP contribution in [0.15, 0.2) is 81.4 Å². The molecule has 2 heterocycles. The molecule has 0 unspecified atom stereocenters. The van der Waals surface area contributed by atoms with E-state index in [1.54, 1.807) is 19.4 Å². The lowest BCUT2D eigenvalue weighted by Crippen LogP contribution is -2.31. The normalized spacial score (nSPS) is 16.8. The molecule has 0 saturated heterocycles. The molecule has 0 amide bonds. The summed E-state index contributed by atoms with van der Waals surface area (Å²) in [4.78, 5) is 17.4. The van der Waals surface area contributed by atoms with Crippen LogP contribution in [-0.2, 0) is 0 Å². The molecule has 25 heavy (non-hydrogen) atoms. The summed E-state index contributed by atoms with van der Waals surface area (Å²) in [6.45, 7) is 1.89. The minimum absolute atomic E-state index is 0.297. The Bertz CT molecular complexity index is 865. The van der Waals surface area contributed by atoms with Crippen molar-refractivity contribution in [3.05, 3.63) is 77.5 Å². The van der Waals surface area contributed by atoms with Crippen molar-refractivity contribution >= 4 is 17.4 Å². The van der Waals surface area contributed by atoms with Gasteiger partial charge in [0.1, 0.15) is 11.5 Å². The van der Waals surface area contributed by atoms with Crippen LogP contribution >= 0.6 is 0 Å². The fourth-order valence-electron chi connectivity index (χ4n) is 2.28. The molecule has 1 aliphatic rings. The first-order valence-electron chi connectivity index (χ1n) is 7.78. The number of hydrazine groups is 1. The SMILES string of the molecule is CN=C(N)C(N=C(C)c1cccnc1)=C1N=C(c2ccccc2)NN1. The van der Waals surface area contributed by atoms with E-state index in [9.17, 15) is 0 Å². The second-order valence-corrected chi connectivity index (χ2v) is 5.32. The second kappa shape index (κ2) is 7.39. The fraction of sp³-hybridized carbons (Fsp3) is 0.111. The number of nitrogens with zero attached hydrogens (tertiary/aromatic N) is 4. The van der Waals surface area contributed by atoms with Gasteiger partial charge in [0.15, 0.2) is 11.7 Å². The van der Waals surface area contributed by atoms with Crippen molar-refractivity contribution in [1.29, 1.82) is 0 Å². The predicted molar refractivity (Wildman–Crippen MR) is 100 cm³/mol. The molecule has 0 fully saturated rings. The number of benzene rings is 1. The fourth-order valence-corrected chi connectivity index (χ4v) is 2.28. The van der Waals surface area contributed by atoms with Gasteiger partial charge in [-0.25, -0.2) is 9.98 Å². The van der Waals surface area contributed by atoms with E-state index in [2.05, 4.69) is 30.8 Å². The molecule has 0 spiro atoms. The van der Waals surface area contributed by atoms with E-state index >= 15 is 0 Å². The maximum Gasteiger partial charge on any atom is 0.176 e. The Morgan fingerprint density at radius 3 is 2.56 bits per heavy atom. The Balaban J connectivity index is 2.02. The van der Waals surface area contributed by atoms with Crippen LogP contribution in [0.3, 0.4) is 0 Å². The van der Waals surface area contributed by atoms with Gasteiger partial charge in [-0.15, -0.1) is 0 Å². The molecule has 7 heteroatoms. The molecular weight excluding hydrogens is 314 g/mol. The summed E-state index contributed by atoms with van der Waals surface area (Å²) in [5, 5.41) is 0. The maximum absolute atomic E-state index is 6.04. The first-order chi connectivity index (χ1) is 12.2. The van der Waals surface area contributed by atoms with Gasteiger partial charge in [-0.1, -0.05) is 36.4 Å². The van der Waals surface area contributed by atoms with E-state index in [-0.39, 0.29) is 0 Å². The highest BCUT2D eigenvalue weighted by Gasteiger charge is 2.18. The summed E-state index contributed by atoms with van der Waals surface area (Å²) in [6.07, 6.45) is 3.47. The average Bonchev–Trinajstić information content (AvgIpc) is 3.16. The van der Waals surface area contributed by atoms with E-state index in [4.69, 9.17) is 5.73 Å². The topological polar surface area (TPSA) is 100 Å². The quantitative estimate of drug-likeness (QED) is 0.584. The summed E-state index contributed by atoms with van der Waals surface area (Å²) < 4.78 is 0. The van der Waals surface area contributed by atoms with Gasteiger partial charge >= 0.3 is 0 Å². The zero-order chi connectivity index (χ0) is 17.6. The Kier molecular flexibility index (Phi) is 4.84. The first kappa shape index (κ1) is 16.4. The number of hydrogen-bond donors (Lipinski definition) is 3. The molecular formula is C18H19N7. The Labute approximate surface area is 146 Å². The van der Waals surface area contributed by atoms with E-state index < -0.39 is 0 Å². The smallest absolute Gasteiger partial charge is 0.176 e. The summed E-state index contributed by atoms with van der Waals surface area (Å²) in [5.74, 6) is 1.52. The summed E-state index contributed by atoms with van der Waals surface area (Å²) in [5.41, 5.74) is 15.2. The molecule has 1 aliphatic heterocycles. The Hall–Kier alpha value is -3.48. The van der Waals surface area contributed by atoms with Crippen LogP contribution in [0.5, 0.6) is 0 Å². The minimum Gasteiger partial charge on any atom is -0.382 e. The summed E-state index contributed by atoms with van der Waals surface area (Å²) in [6, 6.07) is 13.6. The highest BCUT2D eigenvalue weighted by Crippen LogP contribution is 2.14. The van der Waals surface area contributed by atoms with Crippen LogP contribution in [0, 0.1) is 0 Å². The van der Waals surface area contributed by atoms with Crippen molar-refractivity contribution in [2.75, 3.05) is 7.05 Å². The van der Waals surface area contributed by atoms with Crippen molar-refractivity contribution in [3.63, 3.8) is 0 Å². The van der Waals surface area contributed by atoms with Crippen LogP contribution in [0.1, 0.15) is 18.1 Å². The molecule has 0 radical (unpaired) electrons. The van der Waals surface area contributed by atoms with Gasteiger partial charge in [-0.05, 0) is 13.0 Å². The number of aromatic nitrogens is 1. The van der Waals surface area contributed by atoms with E-state index in [1.807, 2.05) is 49.4 Å². The molecule has 126 valence electrons. The number of nitrogens with two attached hydrogens (primary N) is 1.